The molecule has 0 atom stereocenters. The molecule has 0 unspecified atom stereocenters. The normalized spacial score (nSPS) is 10.8. The van der Waals surface area contributed by atoms with Gasteiger partial charge in [0, 0.05) is 34.3 Å². The van der Waals surface area contributed by atoms with Crippen molar-refractivity contribution in [1.82, 2.24) is 0 Å². The van der Waals surface area contributed by atoms with E-state index in [9.17, 15) is 9.59 Å². The summed E-state index contributed by atoms with van der Waals surface area (Å²) in [6, 6.07) is 63.9. The van der Waals surface area contributed by atoms with Gasteiger partial charge in [0.2, 0.25) is 10.2 Å². The van der Waals surface area contributed by atoms with Gasteiger partial charge in [0.15, 0.2) is 0 Å². The van der Waals surface area contributed by atoms with Crippen molar-refractivity contribution in [2.45, 2.75) is 11.5 Å². The first-order valence-electron chi connectivity index (χ1n) is 17.1. The zero-order valence-corrected chi connectivity index (χ0v) is 30.0. The molecule has 0 N–H and O–H groups in total. The summed E-state index contributed by atoms with van der Waals surface area (Å²) in [6.07, 6.45) is 0. The van der Waals surface area contributed by atoms with Gasteiger partial charge in [0.1, 0.15) is 0 Å². The molecular weight excluding hydrogens is 677 g/mol. The summed E-state index contributed by atoms with van der Waals surface area (Å²) in [5, 5.41) is -0.178. The second-order valence-corrected chi connectivity index (χ2v) is 13.9. The first-order chi connectivity index (χ1) is 25.7. The fourth-order valence-electron chi connectivity index (χ4n) is 6.04. The number of carbonyl (C=O) groups is 2. The van der Waals surface area contributed by atoms with E-state index < -0.39 is 0 Å². The molecule has 0 heterocycles. The van der Waals surface area contributed by atoms with E-state index in [2.05, 4.69) is 9.80 Å². The molecule has 0 radical (unpaired) electrons. The smallest absolute Gasteiger partial charge is 0.221 e. The topological polar surface area (TPSA) is 40.6 Å². The molecule has 0 aromatic heterocycles. The second-order valence-electron chi connectivity index (χ2n) is 12.0. The molecule has 7 aromatic rings. The maximum absolute atomic E-state index is 14.7. The minimum absolute atomic E-state index is 0.0889. The van der Waals surface area contributed by atoms with Crippen molar-refractivity contribution in [2.24, 2.45) is 0 Å². The summed E-state index contributed by atoms with van der Waals surface area (Å²) in [4.78, 5) is 33.5. The number of thioether (sulfide) groups is 2. The Hall–Kier alpha value is -5.82. The summed E-state index contributed by atoms with van der Waals surface area (Å²) < 4.78 is 0. The number of carbonyl (C=O) groups excluding carboxylic acids is 2. The molecule has 0 saturated heterocycles. The predicted octanol–water partition coefficient (Wildman–Crippen LogP) is 12.8. The molecule has 52 heavy (non-hydrogen) atoms. The third-order valence-corrected chi connectivity index (χ3v) is 10.4. The summed E-state index contributed by atoms with van der Waals surface area (Å²) in [7, 11) is 0. The van der Waals surface area contributed by atoms with Crippen LogP contribution >= 0.6 is 23.5 Å². The molecule has 7 aromatic carbocycles. The predicted molar refractivity (Wildman–Crippen MR) is 220 cm³/mol. The largest absolute Gasteiger partial charge is 0.310 e. The number of hydrogen-bond acceptors (Lipinski definition) is 6. The van der Waals surface area contributed by atoms with E-state index in [1.54, 1.807) is 0 Å². The number of para-hydroxylation sites is 4. The lowest BCUT2D eigenvalue weighted by atomic mass is 10.0. The van der Waals surface area contributed by atoms with E-state index in [0.717, 1.165) is 33.9 Å². The van der Waals surface area contributed by atoms with E-state index >= 15 is 0 Å². The highest BCUT2D eigenvalue weighted by atomic mass is 32.2. The number of benzene rings is 7. The van der Waals surface area contributed by atoms with Crippen molar-refractivity contribution >= 4 is 67.9 Å². The SMILES string of the molecule is O=C(SCc1ccccc1)c1cc(N(c2ccccc2)c2ccccc2)c(C(=O)SCc2ccccc2)cc1N(c1ccccc1)c1ccccc1. The standard InChI is InChI=1S/C46H36N2O2S2/c49-45(51-33-35-19-7-1-8-20-35)41-31-44(48(39-27-15-5-16-28-39)40-29-17-6-18-30-40)42(46(50)52-34-36-21-9-2-10-22-36)32-43(41)47(37-23-11-3-12-24-37)38-25-13-4-14-26-38/h1-32H,33-34H2. The summed E-state index contributed by atoms with van der Waals surface area (Å²) in [5.41, 5.74) is 7.91. The van der Waals surface area contributed by atoms with Crippen molar-refractivity contribution in [2.75, 3.05) is 9.80 Å². The Kier molecular flexibility index (Phi) is 11.3. The molecule has 0 saturated carbocycles. The average Bonchev–Trinajstić information content (AvgIpc) is 3.22. The average molecular weight is 713 g/mol. The quantitative estimate of drug-likeness (QED) is 0.126. The van der Waals surface area contributed by atoms with Crippen molar-refractivity contribution in [3.63, 3.8) is 0 Å². The molecule has 0 aliphatic rings. The maximum Gasteiger partial charge on any atom is 0.221 e. The highest BCUT2D eigenvalue weighted by Gasteiger charge is 2.28. The Labute approximate surface area is 313 Å². The van der Waals surface area contributed by atoms with Crippen molar-refractivity contribution < 1.29 is 9.59 Å². The molecule has 0 aliphatic carbocycles. The Balaban J connectivity index is 1.46. The zero-order chi connectivity index (χ0) is 35.5. The van der Waals surface area contributed by atoms with E-state index in [-0.39, 0.29) is 10.2 Å². The third-order valence-electron chi connectivity index (χ3n) is 8.52. The van der Waals surface area contributed by atoms with Crippen LogP contribution in [0, 0.1) is 0 Å². The van der Waals surface area contributed by atoms with Crippen LogP contribution in [0.4, 0.5) is 34.1 Å². The Bertz CT molecular complexity index is 1980. The molecule has 0 bridgehead atoms. The fraction of sp³-hybridized carbons (Fsp3) is 0.0435. The lowest BCUT2D eigenvalue weighted by Gasteiger charge is -2.31. The fourth-order valence-corrected chi connectivity index (χ4v) is 7.66. The first-order valence-corrected chi connectivity index (χ1v) is 19.0. The van der Waals surface area contributed by atoms with Gasteiger partial charge in [-0.1, -0.05) is 157 Å². The Morgan fingerprint density at radius 2 is 0.615 bits per heavy atom. The van der Waals surface area contributed by atoms with Crippen LogP contribution in [0.3, 0.4) is 0 Å². The summed E-state index contributed by atoms with van der Waals surface area (Å²) in [5.74, 6) is 1.03. The van der Waals surface area contributed by atoms with Crippen molar-refractivity contribution in [3.05, 3.63) is 216 Å². The number of rotatable bonds is 12. The molecule has 0 fully saturated rings. The van der Waals surface area contributed by atoms with Crippen LogP contribution in [0.1, 0.15) is 31.8 Å². The maximum atomic E-state index is 14.7. The summed E-state index contributed by atoms with van der Waals surface area (Å²) >= 11 is 2.53. The van der Waals surface area contributed by atoms with Crippen LogP contribution in [-0.2, 0) is 11.5 Å². The minimum Gasteiger partial charge on any atom is -0.310 e. The molecule has 0 amide bonds. The van der Waals surface area contributed by atoms with Crippen LogP contribution in [0.5, 0.6) is 0 Å². The zero-order valence-electron chi connectivity index (χ0n) is 28.4. The third kappa shape index (κ3) is 8.21. The number of anilines is 6. The molecule has 4 nitrogen and oxygen atoms in total. The van der Waals surface area contributed by atoms with Gasteiger partial charge >= 0.3 is 0 Å². The lowest BCUT2D eigenvalue weighted by Crippen LogP contribution is -2.19. The van der Waals surface area contributed by atoms with E-state index in [4.69, 9.17) is 0 Å². The highest BCUT2D eigenvalue weighted by Crippen LogP contribution is 2.45. The van der Waals surface area contributed by atoms with Crippen LogP contribution in [-0.4, -0.2) is 10.2 Å². The van der Waals surface area contributed by atoms with Gasteiger partial charge in [0.25, 0.3) is 0 Å². The van der Waals surface area contributed by atoms with Gasteiger partial charge in [0.05, 0.1) is 22.5 Å². The van der Waals surface area contributed by atoms with Gasteiger partial charge in [-0.2, -0.15) is 0 Å². The van der Waals surface area contributed by atoms with Crippen LogP contribution in [0.15, 0.2) is 194 Å². The molecule has 0 aliphatic heterocycles. The molecule has 6 heteroatoms. The first kappa shape index (κ1) is 34.6. The van der Waals surface area contributed by atoms with Gasteiger partial charge < -0.3 is 9.80 Å². The van der Waals surface area contributed by atoms with Crippen molar-refractivity contribution in [3.8, 4) is 0 Å². The van der Waals surface area contributed by atoms with Crippen LogP contribution in [0.25, 0.3) is 0 Å². The minimum atomic E-state index is -0.0889. The van der Waals surface area contributed by atoms with E-state index in [0.29, 0.717) is 34.0 Å². The summed E-state index contributed by atoms with van der Waals surface area (Å²) in [6.45, 7) is 0. The molecule has 254 valence electrons. The number of nitrogens with zero attached hydrogens (tertiary/aromatic N) is 2. The van der Waals surface area contributed by atoms with Crippen LogP contribution < -0.4 is 9.80 Å². The Morgan fingerprint density at radius 3 is 0.885 bits per heavy atom. The van der Waals surface area contributed by atoms with Gasteiger partial charge in [-0.15, -0.1) is 0 Å². The Morgan fingerprint density at radius 1 is 0.365 bits per heavy atom. The second kappa shape index (κ2) is 16.9. The molecule has 0 spiro atoms. The van der Waals surface area contributed by atoms with Gasteiger partial charge in [-0.3, -0.25) is 9.59 Å². The van der Waals surface area contributed by atoms with Gasteiger partial charge in [-0.05, 0) is 71.8 Å². The monoisotopic (exact) mass is 712 g/mol. The van der Waals surface area contributed by atoms with Gasteiger partial charge in [-0.25, -0.2) is 0 Å². The van der Waals surface area contributed by atoms with E-state index in [1.807, 2.05) is 194 Å². The highest BCUT2D eigenvalue weighted by molar-refractivity contribution is 8.13. The lowest BCUT2D eigenvalue weighted by molar-refractivity contribution is 0.107. The molecular formula is C46H36N2O2S2. The molecule has 7 rings (SSSR count). The van der Waals surface area contributed by atoms with E-state index in [1.165, 1.54) is 23.5 Å². The number of hydrogen-bond donors (Lipinski definition) is 0. The van der Waals surface area contributed by atoms with Crippen LogP contribution in [0.2, 0.25) is 0 Å². The van der Waals surface area contributed by atoms with Crippen molar-refractivity contribution in [1.29, 1.82) is 0 Å².